The first-order valence-corrected chi connectivity index (χ1v) is 7.11. The van der Waals surface area contributed by atoms with E-state index in [1.165, 1.54) is 35.6 Å². The fourth-order valence-electron chi connectivity index (χ4n) is 1.44. The number of hydrogen-bond donors (Lipinski definition) is 0. The minimum absolute atomic E-state index is 0.0369. The molecule has 1 aromatic carbocycles. The van der Waals surface area contributed by atoms with Crippen LogP contribution in [-0.2, 0) is 10.0 Å². The topological polar surface area (TPSA) is 77.5 Å². The summed E-state index contributed by atoms with van der Waals surface area (Å²) in [4.78, 5) is 10.7. The molecule has 0 spiro atoms. The summed E-state index contributed by atoms with van der Waals surface area (Å²) in [7, 11) is -2.02. The summed E-state index contributed by atoms with van der Waals surface area (Å²) in [6, 6.07) is 5.03. The van der Waals surface area contributed by atoms with Crippen molar-refractivity contribution in [2.75, 3.05) is 13.6 Å². The molecule has 0 aliphatic carbocycles. The second-order valence-corrected chi connectivity index (χ2v) is 6.04. The van der Waals surface area contributed by atoms with Gasteiger partial charge in [-0.15, -0.1) is 0 Å². The zero-order chi connectivity index (χ0) is 13.8. The first kappa shape index (κ1) is 14.7. The highest BCUT2D eigenvalue weighted by atomic mass is 32.2. The van der Waals surface area contributed by atoms with Gasteiger partial charge in [-0.1, -0.05) is 25.5 Å². The summed E-state index contributed by atoms with van der Waals surface area (Å²) in [5, 5.41) is 10.6. The third kappa shape index (κ3) is 3.30. The maximum absolute atomic E-state index is 12.1. The van der Waals surface area contributed by atoms with Crippen molar-refractivity contribution in [3.8, 4) is 0 Å². The Kier molecular flexibility index (Phi) is 4.86. The molecule has 1 rings (SSSR count). The number of unbranched alkanes of at least 4 members (excludes halogenated alkanes) is 1. The number of benzene rings is 1. The summed E-state index contributed by atoms with van der Waals surface area (Å²) in [6.45, 7) is 2.43. The number of carbonyl (C=O) groups excluding carboxylic acids is 1. The monoisotopic (exact) mass is 270 g/mol. The number of rotatable bonds is 6. The highest BCUT2D eigenvalue weighted by Crippen LogP contribution is 2.15. The number of nitrogens with zero attached hydrogens (tertiary/aromatic N) is 1. The number of sulfonamides is 1. The van der Waals surface area contributed by atoms with Crippen LogP contribution in [0.3, 0.4) is 0 Å². The maximum atomic E-state index is 12.1. The average molecular weight is 270 g/mol. The zero-order valence-corrected chi connectivity index (χ0v) is 11.2. The summed E-state index contributed by atoms with van der Waals surface area (Å²) in [5.41, 5.74) is -0.0369. The van der Waals surface area contributed by atoms with Crippen LogP contribution in [0.5, 0.6) is 0 Å². The van der Waals surface area contributed by atoms with Gasteiger partial charge in [0.2, 0.25) is 10.0 Å². The predicted octanol–water partition coefficient (Wildman–Crippen LogP) is 0.471. The highest BCUT2D eigenvalue weighted by Gasteiger charge is 2.19. The molecule has 0 aliphatic rings. The SMILES string of the molecule is CCCCN(C)S(=O)(=O)c1ccc(C(=O)[O-])cc1. The van der Waals surface area contributed by atoms with Crippen molar-refractivity contribution in [2.24, 2.45) is 0 Å². The van der Waals surface area contributed by atoms with Crippen molar-refractivity contribution >= 4 is 16.0 Å². The van der Waals surface area contributed by atoms with Gasteiger partial charge in [0.15, 0.2) is 0 Å². The van der Waals surface area contributed by atoms with Crippen LogP contribution >= 0.6 is 0 Å². The van der Waals surface area contributed by atoms with Crippen molar-refractivity contribution < 1.29 is 18.3 Å². The molecular formula is C12H16NO4S-. The normalized spacial score (nSPS) is 11.7. The third-order valence-electron chi connectivity index (χ3n) is 2.62. The molecule has 0 heterocycles. The van der Waals surface area contributed by atoms with E-state index in [-0.39, 0.29) is 10.5 Å². The molecule has 0 radical (unpaired) electrons. The van der Waals surface area contributed by atoms with Gasteiger partial charge in [0, 0.05) is 13.6 Å². The highest BCUT2D eigenvalue weighted by molar-refractivity contribution is 7.89. The Balaban J connectivity index is 2.94. The Morgan fingerprint density at radius 2 is 1.83 bits per heavy atom. The quantitative estimate of drug-likeness (QED) is 0.753. The van der Waals surface area contributed by atoms with Crippen LogP contribution in [0.4, 0.5) is 0 Å². The fourth-order valence-corrected chi connectivity index (χ4v) is 2.65. The molecule has 0 saturated heterocycles. The molecule has 1 aromatic rings. The van der Waals surface area contributed by atoms with Gasteiger partial charge >= 0.3 is 0 Å². The minimum atomic E-state index is -3.53. The van der Waals surface area contributed by atoms with Crippen LogP contribution in [0.25, 0.3) is 0 Å². The Morgan fingerprint density at radius 3 is 2.28 bits per heavy atom. The molecule has 0 atom stereocenters. The van der Waals surface area contributed by atoms with Gasteiger partial charge in [-0.2, -0.15) is 0 Å². The minimum Gasteiger partial charge on any atom is -0.545 e. The van der Waals surface area contributed by atoms with Gasteiger partial charge in [-0.25, -0.2) is 12.7 Å². The molecule has 0 aliphatic heterocycles. The second-order valence-electron chi connectivity index (χ2n) is 3.99. The van der Waals surface area contributed by atoms with Crippen molar-refractivity contribution in [3.05, 3.63) is 29.8 Å². The molecule has 100 valence electrons. The predicted molar refractivity (Wildman–Crippen MR) is 65.5 cm³/mol. The maximum Gasteiger partial charge on any atom is 0.242 e. The lowest BCUT2D eigenvalue weighted by Gasteiger charge is -2.17. The lowest BCUT2D eigenvalue weighted by molar-refractivity contribution is -0.255. The first-order chi connectivity index (χ1) is 8.39. The molecular weight excluding hydrogens is 254 g/mol. The van der Waals surface area contributed by atoms with Gasteiger partial charge in [-0.3, -0.25) is 0 Å². The van der Waals surface area contributed by atoms with Crippen molar-refractivity contribution in [1.29, 1.82) is 0 Å². The van der Waals surface area contributed by atoms with Gasteiger partial charge < -0.3 is 9.90 Å². The number of carboxylic acid groups (broad SMARTS) is 1. The number of carbonyl (C=O) groups is 1. The van der Waals surface area contributed by atoms with E-state index in [1.54, 1.807) is 0 Å². The van der Waals surface area contributed by atoms with Crippen molar-refractivity contribution in [3.63, 3.8) is 0 Å². The zero-order valence-electron chi connectivity index (χ0n) is 10.4. The largest absolute Gasteiger partial charge is 0.545 e. The Hall–Kier alpha value is -1.40. The molecule has 0 N–H and O–H groups in total. The Bertz CT molecular complexity index is 507. The molecule has 0 saturated carbocycles. The van der Waals surface area contributed by atoms with E-state index in [0.717, 1.165) is 12.8 Å². The molecule has 18 heavy (non-hydrogen) atoms. The van der Waals surface area contributed by atoms with E-state index >= 15 is 0 Å². The van der Waals surface area contributed by atoms with E-state index in [4.69, 9.17) is 0 Å². The third-order valence-corrected chi connectivity index (χ3v) is 4.50. The van der Waals surface area contributed by atoms with Crippen LogP contribution in [0, 0.1) is 0 Å². The molecule has 5 nitrogen and oxygen atoms in total. The van der Waals surface area contributed by atoms with E-state index < -0.39 is 16.0 Å². The Morgan fingerprint density at radius 1 is 1.28 bits per heavy atom. The summed E-state index contributed by atoms with van der Waals surface area (Å²) in [6.07, 6.45) is 1.69. The van der Waals surface area contributed by atoms with E-state index in [9.17, 15) is 18.3 Å². The molecule has 0 amide bonds. The van der Waals surface area contributed by atoms with Crippen LogP contribution in [0.1, 0.15) is 30.1 Å². The van der Waals surface area contributed by atoms with Crippen LogP contribution in [0.2, 0.25) is 0 Å². The lowest BCUT2D eigenvalue weighted by atomic mass is 10.2. The summed E-state index contributed by atoms with van der Waals surface area (Å²) in [5.74, 6) is -1.32. The van der Waals surface area contributed by atoms with E-state index in [1.807, 2.05) is 6.92 Å². The van der Waals surface area contributed by atoms with Crippen molar-refractivity contribution in [1.82, 2.24) is 4.31 Å². The van der Waals surface area contributed by atoms with E-state index in [2.05, 4.69) is 0 Å². The number of hydrogen-bond acceptors (Lipinski definition) is 4. The first-order valence-electron chi connectivity index (χ1n) is 5.67. The van der Waals surface area contributed by atoms with Crippen LogP contribution in [-0.4, -0.2) is 32.3 Å². The van der Waals surface area contributed by atoms with Gasteiger partial charge in [0.05, 0.1) is 10.9 Å². The van der Waals surface area contributed by atoms with Gasteiger partial charge in [-0.05, 0) is 24.1 Å². The number of aromatic carboxylic acids is 1. The Labute approximate surface area is 107 Å². The van der Waals surface area contributed by atoms with Gasteiger partial charge in [0.1, 0.15) is 0 Å². The fraction of sp³-hybridized carbons (Fsp3) is 0.417. The van der Waals surface area contributed by atoms with E-state index in [0.29, 0.717) is 6.54 Å². The summed E-state index contributed by atoms with van der Waals surface area (Å²) < 4.78 is 25.4. The smallest absolute Gasteiger partial charge is 0.242 e. The molecule has 0 bridgehead atoms. The molecule has 0 fully saturated rings. The van der Waals surface area contributed by atoms with Crippen LogP contribution < -0.4 is 5.11 Å². The van der Waals surface area contributed by atoms with Crippen LogP contribution in [0.15, 0.2) is 29.2 Å². The second kappa shape index (κ2) is 5.97. The van der Waals surface area contributed by atoms with Gasteiger partial charge in [0.25, 0.3) is 0 Å². The van der Waals surface area contributed by atoms with Crippen molar-refractivity contribution in [2.45, 2.75) is 24.7 Å². The molecule has 0 aromatic heterocycles. The molecule has 0 unspecified atom stereocenters. The summed E-state index contributed by atoms with van der Waals surface area (Å²) >= 11 is 0. The number of carboxylic acids is 1. The standard InChI is InChI=1S/C12H17NO4S/c1-3-4-9-13(2)18(16,17)11-7-5-10(6-8-11)12(14)15/h5-8H,3-4,9H2,1-2H3,(H,14,15)/p-1. The molecule has 6 heteroatoms. The lowest BCUT2D eigenvalue weighted by Crippen LogP contribution is -2.28. The average Bonchev–Trinajstić information content (AvgIpc) is 2.35.